The third-order valence-corrected chi connectivity index (χ3v) is 11.0. The number of amides is 1. The molecular weight excluding hydrogens is 711 g/mol. The average molecular weight is 799 g/mol. The van der Waals surface area contributed by atoms with Crippen molar-refractivity contribution in [1.29, 1.82) is 0 Å². The van der Waals surface area contributed by atoms with Crippen LogP contribution in [0.5, 0.6) is 0 Å². The molecule has 0 aromatic rings. The van der Waals surface area contributed by atoms with Gasteiger partial charge in [0, 0.05) is 6.54 Å². The zero-order valence-corrected chi connectivity index (χ0v) is 36.4. The van der Waals surface area contributed by atoms with E-state index in [-0.39, 0.29) is 19.6 Å². The SMILES string of the molecule is CCCCCCCC/C=C\CCCCCCCC(O)CC(=O)NC(COP(=O)(O)OCCN)C(O)/C=C/CC/C=C/CCCCCCCCCCCCCC. The zero-order valence-electron chi connectivity index (χ0n) is 35.5. The van der Waals surface area contributed by atoms with Gasteiger partial charge in [0.05, 0.1) is 37.9 Å². The minimum absolute atomic E-state index is 0.0435. The van der Waals surface area contributed by atoms with E-state index in [1.165, 1.54) is 128 Å². The van der Waals surface area contributed by atoms with E-state index in [1.807, 2.05) is 6.08 Å². The monoisotopic (exact) mass is 799 g/mol. The molecule has 0 aliphatic carbocycles. The second-order valence-corrected chi connectivity index (χ2v) is 16.9. The van der Waals surface area contributed by atoms with Crippen LogP contribution in [0.25, 0.3) is 0 Å². The summed E-state index contributed by atoms with van der Waals surface area (Å²) in [5.41, 5.74) is 5.36. The predicted octanol–water partition coefficient (Wildman–Crippen LogP) is 11.7. The molecule has 55 heavy (non-hydrogen) atoms. The molecule has 1 amide bonds. The Bertz CT molecular complexity index is 977. The number of carbonyl (C=O) groups excluding carboxylic acids is 1. The van der Waals surface area contributed by atoms with Crippen LogP contribution in [0, 0.1) is 0 Å². The highest BCUT2D eigenvalue weighted by Crippen LogP contribution is 2.43. The number of nitrogens with one attached hydrogen (secondary N) is 1. The van der Waals surface area contributed by atoms with E-state index >= 15 is 0 Å². The molecular formula is C45H87N2O7P. The van der Waals surface area contributed by atoms with Crippen molar-refractivity contribution in [3.05, 3.63) is 36.5 Å². The van der Waals surface area contributed by atoms with Crippen LogP contribution in [-0.2, 0) is 18.4 Å². The number of unbranched alkanes of at least 4 members (excludes halogenated alkanes) is 24. The number of rotatable bonds is 42. The fourth-order valence-electron chi connectivity index (χ4n) is 6.54. The summed E-state index contributed by atoms with van der Waals surface area (Å²) in [6.07, 6.45) is 45.2. The number of aliphatic hydroxyl groups excluding tert-OH is 2. The van der Waals surface area contributed by atoms with E-state index in [1.54, 1.807) is 6.08 Å². The molecule has 4 unspecified atom stereocenters. The van der Waals surface area contributed by atoms with Gasteiger partial charge in [0.1, 0.15) is 0 Å². The summed E-state index contributed by atoms with van der Waals surface area (Å²) in [5, 5.41) is 24.0. The molecule has 0 radical (unpaired) electrons. The van der Waals surface area contributed by atoms with Gasteiger partial charge in [-0.05, 0) is 57.8 Å². The minimum Gasteiger partial charge on any atom is -0.393 e. The number of allylic oxidation sites excluding steroid dienone is 5. The first kappa shape index (κ1) is 53.7. The van der Waals surface area contributed by atoms with Gasteiger partial charge in [-0.3, -0.25) is 13.8 Å². The first-order valence-corrected chi connectivity index (χ1v) is 24.2. The molecule has 10 heteroatoms. The summed E-state index contributed by atoms with van der Waals surface area (Å²) in [6.45, 7) is 3.95. The lowest BCUT2D eigenvalue weighted by Crippen LogP contribution is -2.46. The minimum atomic E-state index is -4.41. The molecule has 6 N–H and O–H groups in total. The highest BCUT2D eigenvalue weighted by Gasteiger charge is 2.27. The second-order valence-electron chi connectivity index (χ2n) is 15.4. The third-order valence-electron chi connectivity index (χ3n) is 9.99. The van der Waals surface area contributed by atoms with E-state index in [2.05, 4.69) is 43.5 Å². The Kier molecular flexibility index (Phi) is 39.9. The Hall–Kier alpha value is -1.32. The molecule has 4 atom stereocenters. The topological polar surface area (TPSA) is 151 Å². The number of hydrogen-bond donors (Lipinski definition) is 5. The van der Waals surface area contributed by atoms with Gasteiger partial charge in [0.2, 0.25) is 5.91 Å². The summed E-state index contributed by atoms with van der Waals surface area (Å²) < 4.78 is 22.1. The molecule has 324 valence electrons. The summed E-state index contributed by atoms with van der Waals surface area (Å²) in [4.78, 5) is 22.8. The first-order valence-electron chi connectivity index (χ1n) is 22.7. The van der Waals surface area contributed by atoms with E-state index in [4.69, 9.17) is 14.8 Å². The number of phosphoric ester groups is 1. The molecule has 0 aliphatic heterocycles. The van der Waals surface area contributed by atoms with Crippen molar-refractivity contribution in [3.63, 3.8) is 0 Å². The highest BCUT2D eigenvalue weighted by atomic mass is 31.2. The highest BCUT2D eigenvalue weighted by molar-refractivity contribution is 7.47. The summed E-state index contributed by atoms with van der Waals surface area (Å²) in [6, 6.07) is -1.00. The van der Waals surface area contributed by atoms with Crippen LogP contribution in [0.3, 0.4) is 0 Å². The van der Waals surface area contributed by atoms with Crippen molar-refractivity contribution in [3.8, 4) is 0 Å². The van der Waals surface area contributed by atoms with Crippen LogP contribution in [0.1, 0.15) is 206 Å². The Labute approximate surface area is 338 Å². The van der Waals surface area contributed by atoms with Gasteiger partial charge in [-0.2, -0.15) is 0 Å². The fourth-order valence-corrected chi connectivity index (χ4v) is 7.30. The van der Waals surface area contributed by atoms with Gasteiger partial charge < -0.3 is 26.2 Å². The van der Waals surface area contributed by atoms with Crippen molar-refractivity contribution >= 4 is 13.7 Å². The van der Waals surface area contributed by atoms with Gasteiger partial charge in [0.15, 0.2) is 0 Å². The molecule has 0 saturated carbocycles. The molecule has 0 bridgehead atoms. The van der Waals surface area contributed by atoms with Crippen molar-refractivity contribution in [2.45, 2.75) is 225 Å². The van der Waals surface area contributed by atoms with E-state index in [0.29, 0.717) is 12.8 Å². The zero-order chi connectivity index (χ0) is 40.5. The van der Waals surface area contributed by atoms with Crippen molar-refractivity contribution in [1.82, 2.24) is 5.32 Å². The largest absolute Gasteiger partial charge is 0.472 e. The smallest absolute Gasteiger partial charge is 0.393 e. The number of carbonyl (C=O) groups is 1. The van der Waals surface area contributed by atoms with Crippen LogP contribution in [-0.4, -0.2) is 59.0 Å². The molecule has 0 saturated heterocycles. The van der Waals surface area contributed by atoms with Crippen LogP contribution in [0.15, 0.2) is 36.5 Å². The second kappa shape index (κ2) is 40.9. The van der Waals surface area contributed by atoms with Crippen LogP contribution in [0.2, 0.25) is 0 Å². The van der Waals surface area contributed by atoms with Crippen molar-refractivity contribution in [2.75, 3.05) is 19.8 Å². The summed E-state index contributed by atoms with van der Waals surface area (Å²) in [7, 11) is -4.41. The van der Waals surface area contributed by atoms with Crippen LogP contribution >= 0.6 is 7.82 Å². The number of nitrogens with two attached hydrogens (primary N) is 1. The van der Waals surface area contributed by atoms with Gasteiger partial charge >= 0.3 is 7.82 Å². The lowest BCUT2D eigenvalue weighted by Gasteiger charge is -2.24. The average Bonchev–Trinajstić information content (AvgIpc) is 3.16. The standard InChI is InChI=1S/C45H87N2O7P/c1-3-5-7-9-11-13-15-17-19-20-21-23-25-27-29-31-33-35-37-44(49)43(41-54-55(51,52)53-39-38-46)47-45(50)40-42(48)36-34-32-30-28-26-24-22-18-16-14-12-10-8-6-4-2/h18,22,27,29,35,37,42-44,48-49H,3-17,19-21,23-26,28,30-34,36,38-41,46H2,1-2H3,(H,47,50)(H,51,52)/b22-18-,29-27+,37-35+. The van der Waals surface area contributed by atoms with Gasteiger partial charge in [-0.25, -0.2) is 4.57 Å². The van der Waals surface area contributed by atoms with Gasteiger partial charge in [-0.15, -0.1) is 0 Å². The summed E-state index contributed by atoms with van der Waals surface area (Å²) >= 11 is 0. The number of hydrogen-bond acceptors (Lipinski definition) is 7. The van der Waals surface area contributed by atoms with E-state index < -0.39 is 38.6 Å². The Morgan fingerprint density at radius 2 is 1.04 bits per heavy atom. The lowest BCUT2D eigenvalue weighted by molar-refractivity contribution is -0.124. The Morgan fingerprint density at radius 3 is 1.51 bits per heavy atom. The quantitative estimate of drug-likeness (QED) is 0.0233. The molecule has 0 aromatic heterocycles. The molecule has 0 aromatic carbocycles. The molecule has 9 nitrogen and oxygen atoms in total. The molecule has 0 rings (SSSR count). The maximum atomic E-state index is 12.8. The van der Waals surface area contributed by atoms with E-state index in [9.17, 15) is 24.5 Å². The van der Waals surface area contributed by atoms with Crippen molar-refractivity contribution in [2.24, 2.45) is 5.73 Å². The maximum Gasteiger partial charge on any atom is 0.472 e. The third kappa shape index (κ3) is 39.3. The van der Waals surface area contributed by atoms with Crippen LogP contribution in [0.4, 0.5) is 0 Å². The first-order chi connectivity index (χ1) is 26.8. The normalized spacial score (nSPS) is 14.9. The van der Waals surface area contributed by atoms with Gasteiger partial charge in [-0.1, -0.05) is 179 Å². The predicted molar refractivity (Wildman–Crippen MR) is 232 cm³/mol. The Morgan fingerprint density at radius 1 is 0.618 bits per heavy atom. The number of phosphoric acid groups is 1. The van der Waals surface area contributed by atoms with Crippen molar-refractivity contribution < 1.29 is 33.5 Å². The van der Waals surface area contributed by atoms with E-state index in [0.717, 1.165) is 44.9 Å². The number of aliphatic hydroxyl groups is 2. The lowest BCUT2D eigenvalue weighted by atomic mass is 10.0. The molecule has 0 spiro atoms. The maximum absolute atomic E-state index is 12.8. The Balaban J connectivity index is 4.36. The summed E-state index contributed by atoms with van der Waals surface area (Å²) in [5.74, 6) is -0.460. The van der Waals surface area contributed by atoms with Crippen LogP contribution < -0.4 is 11.1 Å². The fraction of sp³-hybridized carbons (Fsp3) is 0.844. The molecule has 0 heterocycles. The van der Waals surface area contributed by atoms with Gasteiger partial charge in [0.25, 0.3) is 0 Å². The molecule has 0 aliphatic rings. The molecule has 0 fully saturated rings.